The molecule has 86 valence electrons. The summed E-state index contributed by atoms with van der Waals surface area (Å²) in [7, 11) is 1.68. The van der Waals surface area contributed by atoms with Gasteiger partial charge in [0.15, 0.2) is 5.58 Å². The molecule has 1 aromatic carbocycles. The molecule has 0 saturated heterocycles. The molecular formula is C11H13BrN2O2. The van der Waals surface area contributed by atoms with E-state index in [1.165, 1.54) is 0 Å². The number of hydrogen-bond donors (Lipinski definition) is 1. The summed E-state index contributed by atoms with van der Waals surface area (Å²) in [6, 6.07) is 5.81. The maximum absolute atomic E-state index is 5.62. The van der Waals surface area contributed by atoms with Crippen LogP contribution in [0.25, 0.3) is 11.1 Å². The van der Waals surface area contributed by atoms with Crippen LogP contribution >= 0.6 is 15.9 Å². The fraction of sp³-hybridized carbons (Fsp3) is 0.364. The molecule has 4 nitrogen and oxygen atoms in total. The Balaban J connectivity index is 2.05. The highest BCUT2D eigenvalue weighted by atomic mass is 79.9. The molecule has 5 heteroatoms. The Bertz CT molecular complexity index is 470. The fourth-order valence-corrected chi connectivity index (χ4v) is 1.84. The molecule has 0 aliphatic carbocycles. The lowest BCUT2D eigenvalue weighted by atomic mass is 10.3. The molecule has 0 aliphatic heterocycles. The van der Waals surface area contributed by atoms with Crippen molar-refractivity contribution in [3.05, 3.63) is 28.6 Å². The number of fused-ring (bicyclic) bond motifs is 1. The van der Waals surface area contributed by atoms with Crippen LogP contribution in [-0.4, -0.2) is 25.2 Å². The van der Waals surface area contributed by atoms with Gasteiger partial charge in [0.05, 0.1) is 17.6 Å². The van der Waals surface area contributed by atoms with Crippen LogP contribution in [0, 0.1) is 0 Å². The Morgan fingerprint density at radius 2 is 2.38 bits per heavy atom. The van der Waals surface area contributed by atoms with Crippen molar-refractivity contribution in [3.63, 3.8) is 0 Å². The SMILES string of the molecule is COCCNCc1nc2cccc(Br)c2o1. The summed E-state index contributed by atoms with van der Waals surface area (Å²) in [5.41, 5.74) is 1.67. The normalized spacial score (nSPS) is 11.1. The second kappa shape index (κ2) is 5.43. The first kappa shape index (κ1) is 11.6. The maximum Gasteiger partial charge on any atom is 0.209 e. The second-order valence-electron chi connectivity index (χ2n) is 3.37. The summed E-state index contributed by atoms with van der Waals surface area (Å²) in [6.07, 6.45) is 0. The van der Waals surface area contributed by atoms with E-state index in [1.54, 1.807) is 7.11 Å². The van der Waals surface area contributed by atoms with Crippen molar-refractivity contribution in [2.45, 2.75) is 6.54 Å². The zero-order valence-corrected chi connectivity index (χ0v) is 10.6. The minimum atomic E-state index is 0.616. The van der Waals surface area contributed by atoms with Crippen LogP contribution in [0.4, 0.5) is 0 Å². The van der Waals surface area contributed by atoms with Crippen molar-refractivity contribution in [1.82, 2.24) is 10.3 Å². The predicted octanol–water partition coefficient (Wildman–Crippen LogP) is 2.33. The second-order valence-corrected chi connectivity index (χ2v) is 4.22. The van der Waals surface area contributed by atoms with Gasteiger partial charge in [0.25, 0.3) is 0 Å². The van der Waals surface area contributed by atoms with Gasteiger partial charge in [-0.05, 0) is 28.1 Å². The van der Waals surface area contributed by atoms with Gasteiger partial charge in [0.1, 0.15) is 5.52 Å². The van der Waals surface area contributed by atoms with Crippen molar-refractivity contribution >= 4 is 27.0 Å². The lowest BCUT2D eigenvalue weighted by Crippen LogP contribution is -2.18. The van der Waals surface area contributed by atoms with Gasteiger partial charge in [-0.25, -0.2) is 4.98 Å². The van der Waals surface area contributed by atoms with Gasteiger partial charge in [-0.2, -0.15) is 0 Å². The first-order valence-corrected chi connectivity index (χ1v) is 5.84. The van der Waals surface area contributed by atoms with Gasteiger partial charge in [-0.3, -0.25) is 0 Å². The standard InChI is InChI=1S/C11H13BrN2O2/c1-15-6-5-13-7-10-14-9-4-2-3-8(12)11(9)16-10/h2-4,13H,5-7H2,1H3. The molecule has 0 saturated carbocycles. The molecule has 0 fully saturated rings. The largest absolute Gasteiger partial charge is 0.438 e. The lowest BCUT2D eigenvalue weighted by Gasteiger charge is -1.99. The predicted molar refractivity (Wildman–Crippen MR) is 65.3 cm³/mol. The van der Waals surface area contributed by atoms with E-state index in [0.717, 1.165) is 22.1 Å². The molecule has 0 radical (unpaired) electrons. The Kier molecular flexibility index (Phi) is 3.93. The number of para-hydroxylation sites is 1. The number of rotatable bonds is 5. The van der Waals surface area contributed by atoms with Crippen molar-refractivity contribution in [1.29, 1.82) is 0 Å². The topological polar surface area (TPSA) is 47.3 Å². The molecule has 0 unspecified atom stereocenters. The molecule has 0 spiro atoms. The maximum atomic E-state index is 5.62. The van der Waals surface area contributed by atoms with Crippen molar-refractivity contribution < 1.29 is 9.15 Å². The Morgan fingerprint density at radius 3 is 3.12 bits per heavy atom. The molecule has 2 aromatic rings. The van der Waals surface area contributed by atoms with Gasteiger partial charge >= 0.3 is 0 Å². The van der Waals surface area contributed by atoms with E-state index in [9.17, 15) is 0 Å². The van der Waals surface area contributed by atoms with E-state index in [1.807, 2.05) is 18.2 Å². The summed E-state index contributed by atoms with van der Waals surface area (Å²) in [6.45, 7) is 2.09. The Morgan fingerprint density at radius 1 is 1.50 bits per heavy atom. The van der Waals surface area contributed by atoms with Crippen LogP contribution in [0.3, 0.4) is 0 Å². The van der Waals surface area contributed by atoms with Crippen LogP contribution in [0.2, 0.25) is 0 Å². The highest BCUT2D eigenvalue weighted by Gasteiger charge is 2.07. The number of nitrogens with zero attached hydrogens (tertiary/aromatic N) is 1. The third kappa shape index (κ3) is 2.61. The van der Waals surface area contributed by atoms with Gasteiger partial charge in [0.2, 0.25) is 5.89 Å². The first-order valence-electron chi connectivity index (χ1n) is 5.05. The van der Waals surface area contributed by atoms with E-state index in [0.29, 0.717) is 19.0 Å². The average Bonchev–Trinajstić information content (AvgIpc) is 2.69. The van der Waals surface area contributed by atoms with Crippen molar-refractivity contribution in [3.8, 4) is 0 Å². The third-order valence-corrected chi connectivity index (χ3v) is 2.79. The summed E-state index contributed by atoms with van der Waals surface area (Å²) >= 11 is 3.43. The Hall–Kier alpha value is -0.910. The fourth-order valence-electron chi connectivity index (χ4n) is 1.41. The van der Waals surface area contributed by atoms with E-state index < -0.39 is 0 Å². The summed E-state index contributed by atoms with van der Waals surface area (Å²) in [4.78, 5) is 4.37. The molecule has 0 aliphatic rings. The molecule has 1 aromatic heterocycles. The number of methoxy groups -OCH3 is 1. The van der Waals surface area contributed by atoms with Crippen LogP contribution in [-0.2, 0) is 11.3 Å². The van der Waals surface area contributed by atoms with Gasteiger partial charge < -0.3 is 14.5 Å². The van der Waals surface area contributed by atoms with Crippen molar-refractivity contribution in [2.24, 2.45) is 0 Å². The number of benzene rings is 1. The number of oxazole rings is 1. The van der Waals surface area contributed by atoms with Crippen LogP contribution in [0.1, 0.15) is 5.89 Å². The summed E-state index contributed by atoms with van der Waals surface area (Å²) in [5, 5.41) is 3.19. The monoisotopic (exact) mass is 284 g/mol. The molecule has 1 heterocycles. The molecular weight excluding hydrogens is 272 g/mol. The van der Waals surface area contributed by atoms with Crippen LogP contribution in [0.5, 0.6) is 0 Å². The number of ether oxygens (including phenoxy) is 1. The minimum Gasteiger partial charge on any atom is -0.438 e. The Labute approximate surface area is 102 Å². The van der Waals surface area contributed by atoms with Crippen LogP contribution < -0.4 is 5.32 Å². The van der Waals surface area contributed by atoms with E-state index in [2.05, 4.69) is 26.2 Å². The quantitative estimate of drug-likeness (QED) is 0.856. The third-order valence-electron chi connectivity index (χ3n) is 2.17. The molecule has 0 atom stereocenters. The average molecular weight is 285 g/mol. The highest BCUT2D eigenvalue weighted by molar-refractivity contribution is 9.10. The minimum absolute atomic E-state index is 0.616. The molecule has 16 heavy (non-hydrogen) atoms. The van der Waals surface area contributed by atoms with Crippen molar-refractivity contribution in [2.75, 3.05) is 20.3 Å². The smallest absolute Gasteiger partial charge is 0.209 e. The van der Waals surface area contributed by atoms with E-state index >= 15 is 0 Å². The number of halogens is 1. The zero-order chi connectivity index (χ0) is 11.4. The number of nitrogens with one attached hydrogen (secondary N) is 1. The first-order chi connectivity index (χ1) is 7.81. The van der Waals surface area contributed by atoms with Gasteiger partial charge in [-0.15, -0.1) is 0 Å². The summed E-state index contributed by atoms with van der Waals surface area (Å²) in [5.74, 6) is 0.693. The summed E-state index contributed by atoms with van der Waals surface area (Å²) < 4.78 is 11.5. The van der Waals surface area contributed by atoms with Gasteiger partial charge in [-0.1, -0.05) is 6.07 Å². The molecule has 2 rings (SSSR count). The van der Waals surface area contributed by atoms with E-state index in [4.69, 9.17) is 9.15 Å². The molecule has 1 N–H and O–H groups in total. The molecule has 0 bridgehead atoms. The highest BCUT2D eigenvalue weighted by Crippen LogP contribution is 2.24. The van der Waals surface area contributed by atoms with E-state index in [-0.39, 0.29) is 0 Å². The number of aromatic nitrogens is 1. The zero-order valence-electron chi connectivity index (χ0n) is 9.00. The lowest BCUT2D eigenvalue weighted by molar-refractivity contribution is 0.198. The number of hydrogen-bond acceptors (Lipinski definition) is 4. The van der Waals surface area contributed by atoms with Crippen LogP contribution in [0.15, 0.2) is 27.1 Å². The van der Waals surface area contributed by atoms with Gasteiger partial charge in [0, 0.05) is 13.7 Å². The molecule has 0 amide bonds.